The predicted octanol–water partition coefficient (Wildman–Crippen LogP) is 3.24. The average Bonchev–Trinajstić information content (AvgIpc) is 3.06. The zero-order chi connectivity index (χ0) is 17.1. The molecule has 1 aliphatic rings. The van der Waals surface area contributed by atoms with Crippen LogP contribution < -0.4 is 4.74 Å². The van der Waals surface area contributed by atoms with Crippen molar-refractivity contribution >= 4 is 5.91 Å². The number of halogens is 1. The van der Waals surface area contributed by atoms with Gasteiger partial charge in [-0.2, -0.15) is 0 Å². The number of hydrogen-bond acceptors (Lipinski definition) is 3. The number of nitrogens with zero attached hydrogens (tertiary/aromatic N) is 2. The molecule has 0 bridgehead atoms. The molecule has 0 spiro atoms. The van der Waals surface area contributed by atoms with E-state index in [0.717, 1.165) is 31.5 Å². The summed E-state index contributed by atoms with van der Waals surface area (Å²) in [7, 11) is 1.53. The molecular weight excluding hydrogens is 307 g/mol. The van der Waals surface area contributed by atoms with Crippen molar-refractivity contribution in [2.24, 2.45) is 5.92 Å². The van der Waals surface area contributed by atoms with Crippen molar-refractivity contribution in [1.29, 1.82) is 0 Å². The van der Waals surface area contributed by atoms with Crippen LogP contribution in [0.2, 0.25) is 0 Å². The van der Waals surface area contributed by atoms with E-state index < -0.39 is 0 Å². The first-order valence-electron chi connectivity index (χ1n) is 8.11. The number of benzene rings is 1. The summed E-state index contributed by atoms with van der Waals surface area (Å²) < 4.78 is 18.4. The minimum absolute atomic E-state index is 0.00786. The van der Waals surface area contributed by atoms with Crippen LogP contribution in [0.5, 0.6) is 5.88 Å². The number of ether oxygens (including phenoxy) is 1. The van der Waals surface area contributed by atoms with Gasteiger partial charge in [0.2, 0.25) is 5.88 Å². The van der Waals surface area contributed by atoms with E-state index in [2.05, 4.69) is 4.98 Å². The summed E-state index contributed by atoms with van der Waals surface area (Å²) in [6, 6.07) is 8.63. The zero-order valence-corrected chi connectivity index (χ0v) is 14.0. The fourth-order valence-corrected chi connectivity index (χ4v) is 3.19. The lowest BCUT2D eigenvalue weighted by molar-refractivity contribution is 0.0786. The second-order valence-corrected chi connectivity index (χ2v) is 6.28. The fraction of sp³-hybridized carbons (Fsp3) is 0.368. The Morgan fingerprint density at radius 1 is 1.38 bits per heavy atom. The van der Waals surface area contributed by atoms with E-state index in [-0.39, 0.29) is 11.7 Å². The second-order valence-electron chi connectivity index (χ2n) is 6.28. The van der Waals surface area contributed by atoms with Crippen molar-refractivity contribution in [3.05, 3.63) is 59.0 Å². The molecule has 126 valence electrons. The minimum Gasteiger partial charge on any atom is -0.481 e. The lowest BCUT2D eigenvalue weighted by Gasteiger charge is -2.17. The molecule has 3 rings (SSSR count). The third kappa shape index (κ3) is 3.55. The number of aryl methyl sites for hydroxylation is 1. The van der Waals surface area contributed by atoms with Gasteiger partial charge in [-0.15, -0.1) is 0 Å². The van der Waals surface area contributed by atoms with Crippen LogP contribution in [0, 0.1) is 18.7 Å². The van der Waals surface area contributed by atoms with E-state index in [1.54, 1.807) is 25.3 Å². The normalized spacial score (nSPS) is 17.1. The molecule has 0 radical (unpaired) electrons. The van der Waals surface area contributed by atoms with Crippen LogP contribution in [0.15, 0.2) is 36.5 Å². The summed E-state index contributed by atoms with van der Waals surface area (Å²) in [5.74, 6) is 0.683. The van der Waals surface area contributed by atoms with Crippen LogP contribution in [0.25, 0.3) is 0 Å². The fourth-order valence-electron chi connectivity index (χ4n) is 3.19. The Hall–Kier alpha value is -2.43. The standard InChI is InChI=1S/C19H21FN2O2/c1-13-9-14(3-4-17(13)20)10-15-6-8-22(12-15)19(23)16-5-7-21-18(11-16)24-2/h3-5,7,9,11,15H,6,8,10,12H2,1-2H3. The molecule has 1 fully saturated rings. The van der Waals surface area contributed by atoms with Crippen LogP contribution >= 0.6 is 0 Å². The van der Waals surface area contributed by atoms with Crippen molar-refractivity contribution in [2.75, 3.05) is 20.2 Å². The van der Waals surface area contributed by atoms with Gasteiger partial charge in [0.05, 0.1) is 7.11 Å². The number of pyridine rings is 1. The van der Waals surface area contributed by atoms with Crippen LogP contribution in [0.1, 0.15) is 27.9 Å². The molecule has 1 amide bonds. The van der Waals surface area contributed by atoms with E-state index in [1.165, 1.54) is 13.2 Å². The maximum Gasteiger partial charge on any atom is 0.254 e. The lowest BCUT2D eigenvalue weighted by Crippen LogP contribution is -2.29. The molecule has 1 aliphatic heterocycles. The first-order chi connectivity index (χ1) is 11.6. The van der Waals surface area contributed by atoms with Crippen LogP contribution in [0.3, 0.4) is 0 Å². The first kappa shape index (κ1) is 16.4. The smallest absolute Gasteiger partial charge is 0.254 e. The van der Waals surface area contributed by atoms with Gasteiger partial charge in [-0.25, -0.2) is 9.37 Å². The van der Waals surface area contributed by atoms with Gasteiger partial charge in [0.25, 0.3) is 5.91 Å². The molecule has 1 unspecified atom stereocenters. The topological polar surface area (TPSA) is 42.4 Å². The van der Waals surface area contributed by atoms with Gasteiger partial charge < -0.3 is 9.64 Å². The van der Waals surface area contributed by atoms with Gasteiger partial charge in [-0.05, 0) is 48.9 Å². The lowest BCUT2D eigenvalue weighted by atomic mass is 9.97. The summed E-state index contributed by atoms with van der Waals surface area (Å²) >= 11 is 0. The number of methoxy groups -OCH3 is 1. The Balaban J connectivity index is 1.64. The van der Waals surface area contributed by atoms with Gasteiger partial charge in [-0.3, -0.25) is 4.79 Å². The maximum atomic E-state index is 13.4. The Morgan fingerprint density at radius 2 is 2.21 bits per heavy atom. The van der Waals surface area contributed by atoms with E-state index in [0.29, 0.717) is 22.9 Å². The van der Waals surface area contributed by atoms with Crippen molar-refractivity contribution < 1.29 is 13.9 Å². The first-order valence-corrected chi connectivity index (χ1v) is 8.11. The highest BCUT2D eigenvalue weighted by atomic mass is 19.1. The molecule has 2 aromatic rings. The largest absolute Gasteiger partial charge is 0.481 e. The number of likely N-dealkylation sites (tertiary alicyclic amines) is 1. The summed E-state index contributed by atoms with van der Waals surface area (Å²) in [5.41, 5.74) is 2.39. The van der Waals surface area contributed by atoms with E-state index in [4.69, 9.17) is 4.74 Å². The Bertz CT molecular complexity index is 748. The highest BCUT2D eigenvalue weighted by molar-refractivity contribution is 5.94. The molecule has 1 aromatic carbocycles. The van der Waals surface area contributed by atoms with Gasteiger partial charge >= 0.3 is 0 Å². The monoisotopic (exact) mass is 328 g/mol. The highest BCUT2D eigenvalue weighted by Crippen LogP contribution is 2.24. The van der Waals surface area contributed by atoms with Gasteiger partial charge in [-0.1, -0.05) is 12.1 Å². The summed E-state index contributed by atoms with van der Waals surface area (Å²) in [6.07, 6.45) is 3.41. The number of carbonyl (C=O) groups excluding carboxylic acids is 1. The van der Waals surface area contributed by atoms with E-state index >= 15 is 0 Å². The highest BCUT2D eigenvalue weighted by Gasteiger charge is 2.27. The van der Waals surface area contributed by atoms with Crippen molar-refractivity contribution in [1.82, 2.24) is 9.88 Å². The molecule has 0 aliphatic carbocycles. The summed E-state index contributed by atoms with van der Waals surface area (Å²) in [6.45, 7) is 3.24. The number of rotatable bonds is 4. The quantitative estimate of drug-likeness (QED) is 0.865. The van der Waals surface area contributed by atoms with E-state index in [9.17, 15) is 9.18 Å². The molecule has 1 aromatic heterocycles. The number of hydrogen-bond donors (Lipinski definition) is 0. The SMILES string of the molecule is COc1cc(C(=O)N2CCC(Cc3ccc(F)c(C)c3)C2)ccn1. The Morgan fingerprint density at radius 3 is 2.96 bits per heavy atom. The van der Waals surface area contributed by atoms with Gasteiger partial charge in [0.1, 0.15) is 5.82 Å². The van der Waals surface area contributed by atoms with Gasteiger partial charge in [0.15, 0.2) is 0 Å². The second kappa shape index (κ2) is 6.99. The van der Waals surface area contributed by atoms with Crippen LogP contribution in [-0.4, -0.2) is 36.0 Å². The van der Waals surface area contributed by atoms with Crippen molar-refractivity contribution in [3.8, 4) is 5.88 Å². The predicted molar refractivity (Wildman–Crippen MR) is 89.6 cm³/mol. The molecule has 0 saturated carbocycles. The Labute approximate surface area is 141 Å². The number of carbonyl (C=O) groups is 1. The third-order valence-corrected chi connectivity index (χ3v) is 4.51. The van der Waals surface area contributed by atoms with Gasteiger partial charge in [0, 0.05) is 30.9 Å². The molecule has 1 saturated heterocycles. The minimum atomic E-state index is -0.173. The van der Waals surface area contributed by atoms with Crippen molar-refractivity contribution in [3.63, 3.8) is 0 Å². The molecule has 4 nitrogen and oxygen atoms in total. The van der Waals surface area contributed by atoms with Crippen LogP contribution in [0.4, 0.5) is 4.39 Å². The van der Waals surface area contributed by atoms with E-state index in [1.807, 2.05) is 17.0 Å². The molecular formula is C19H21FN2O2. The van der Waals surface area contributed by atoms with Crippen molar-refractivity contribution in [2.45, 2.75) is 19.8 Å². The average molecular weight is 328 g/mol. The molecule has 1 atom stereocenters. The zero-order valence-electron chi connectivity index (χ0n) is 14.0. The molecule has 0 N–H and O–H groups in total. The molecule has 24 heavy (non-hydrogen) atoms. The summed E-state index contributed by atoms with van der Waals surface area (Å²) in [4.78, 5) is 18.5. The number of aromatic nitrogens is 1. The molecule has 5 heteroatoms. The molecule has 2 heterocycles. The maximum absolute atomic E-state index is 13.4. The Kier molecular flexibility index (Phi) is 4.79. The van der Waals surface area contributed by atoms with Crippen LogP contribution in [-0.2, 0) is 6.42 Å². The third-order valence-electron chi connectivity index (χ3n) is 4.51. The summed E-state index contributed by atoms with van der Waals surface area (Å²) in [5, 5.41) is 0. The number of amides is 1.